The number of hydrogen-bond donors (Lipinski definition) is 1. The van der Waals surface area contributed by atoms with E-state index in [1.165, 1.54) is 5.56 Å². The van der Waals surface area contributed by atoms with Crippen LogP contribution in [0.15, 0.2) is 42.5 Å². The predicted octanol–water partition coefficient (Wildman–Crippen LogP) is 4.71. The minimum atomic E-state index is 0. The third-order valence-corrected chi connectivity index (χ3v) is 3.30. The molecule has 0 saturated carbocycles. The highest BCUT2D eigenvalue weighted by molar-refractivity contribution is 6.35. The Bertz CT molecular complexity index is 543. The molecule has 0 heterocycles. The van der Waals surface area contributed by atoms with E-state index >= 15 is 0 Å². The molecule has 2 rings (SSSR count). The second-order valence-corrected chi connectivity index (χ2v) is 5.04. The van der Waals surface area contributed by atoms with Gasteiger partial charge in [0, 0.05) is 22.2 Å². The molecule has 0 spiro atoms. The van der Waals surface area contributed by atoms with Crippen LogP contribution < -0.4 is 10.1 Å². The number of benzene rings is 2. The van der Waals surface area contributed by atoms with E-state index in [4.69, 9.17) is 27.9 Å². The Kier molecular flexibility index (Phi) is 7.17. The van der Waals surface area contributed by atoms with Crippen LogP contribution in [-0.4, -0.2) is 7.05 Å². The molecule has 2 aromatic rings. The first-order chi connectivity index (χ1) is 9.19. The smallest absolute Gasteiger partial charge is 0.119 e. The molecule has 0 unspecified atom stereocenters. The lowest BCUT2D eigenvalue weighted by atomic mass is 10.2. The van der Waals surface area contributed by atoms with E-state index in [2.05, 4.69) is 5.32 Å². The van der Waals surface area contributed by atoms with E-state index < -0.39 is 0 Å². The van der Waals surface area contributed by atoms with Crippen molar-refractivity contribution < 1.29 is 4.74 Å². The van der Waals surface area contributed by atoms with Gasteiger partial charge in [-0.15, -0.1) is 12.4 Å². The predicted molar refractivity (Wildman–Crippen MR) is 87.2 cm³/mol. The molecular formula is C15H16Cl3NO. The summed E-state index contributed by atoms with van der Waals surface area (Å²) in [5.74, 6) is 0.825. The van der Waals surface area contributed by atoms with Crippen molar-refractivity contribution in [3.05, 3.63) is 63.6 Å². The van der Waals surface area contributed by atoms with E-state index in [1.54, 1.807) is 6.07 Å². The maximum atomic E-state index is 6.09. The zero-order valence-electron chi connectivity index (χ0n) is 11.0. The number of hydrogen-bond acceptors (Lipinski definition) is 2. The number of ether oxygens (including phenoxy) is 1. The van der Waals surface area contributed by atoms with Crippen LogP contribution >= 0.6 is 35.6 Å². The van der Waals surface area contributed by atoms with Crippen LogP contribution in [-0.2, 0) is 13.2 Å². The highest BCUT2D eigenvalue weighted by atomic mass is 35.5. The molecule has 0 atom stereocenters. The van der Waals surface area contributed by atoms with Gasteiger partial charge >= 0.3 is 0 Å². The molecule has 0 aliphatic carbocycles. The molecule has 0 radical (unpaired) electrons. The Morgan fingerprint density at radius 2 is 1.75 bits per heavy atom. The standard InChI is InChI=1S/C15H15Cl2NO.ClH/c1-18-9-11-2-6-14(7-3-11)19-10-12-4-5-13(16)8-15(12)17;/h2-8,18H,9-10H2,1H3;1H. The lowest BCUT2D eigenvalue weighted by Gasteiger charge is -2.09. The molecule has 2 aromatic carbocycles. The molecule has 0 aromatic heterocycles. The van der Waals surface area contributed by atoms with E-state index in [-0.39, 0.29) is 12.4 Å². The minimum Gasteiger partial charge on any atom is -0.489 e. The third-order valence-electron chi connectivity index (χ3n) is 2.71. The molecule has 0 aliphatic rings. The van der Waals surface area contributed by atoms with Gasteiger partial charge in [0.25, 0.3) is 0 Å². The highest BCUT2D eigenvalue weighted by Crippen LogP contribution is 2.22. The maximum Gasteiger partial charge on any atom is 0.119 e. The fourth-order valence-corrected chi connectivity index (χ4v) is 2.17. The zero-order chi connectivity index (χ0) is 13.7. The van der Waals surface area contributed by atoms with Crippen LogP contribution in [0, 0.1) is 0 Å². The summed E-state index contributed by atoms with van der Waals surface area (Å²) in [5.41, 5.74) is 2.14. The largest absolute Gasteiger partial charge is 0.489 e. The van der Waals surface area contributed by atoms with Crippen LogP contribution in [0.5, 0.6) is 5.75 Å². The Labute approximate surface area is 135 Å². The van der Waals surface area contributed by atoms with Crippen molar-refractivity contribution >= 4 is 35.6 Å². The summed E-state index contributed by atoms with van der Waals surface area (Å²) in [7, 11) is 1.92. The monoisotopic (exact) mass is 331 g/mol. The summed E-state index contributed by atoms with van der Waals surface area (Å²) in [5, 5.41) is 4.36. The summed E-state index contributed by atoms with van der Waals surface area (Å²) in [6, 6.07) is 13.4. The van der Waals surface area contributed by atoms with Crippen molar-refractivity contribution in [2.24, 2.45) is 0 Å². The first-order valence-electron chi connectivity index (χ1n) is 5.99. The van der Waals surface area contributed by atoms with Crippen molar-refractivity contribution in [2.75, 3.05) is 7.05 Å². The van der Waals surface area contributed by atoms with Crippen LogP contribution in [0.1, 0.15) is 11.1 Å². The van der Waals surface area contributed by atoms with Gasteiger partial charge in [-0.2, -0.15) is 0 Å². The molecule has 2 nitrogen and oxygen atoms in total. The maximum absolute atomic E-state index is 6.09. The Balaban J connectivity index is 0.00000200. The van der Waals surface area contributed by atoms with Gasteiger partial charge in [0.2, 0.25) is 0 Å². The summed E-state index contributed by atoms with van der Waals surface area (Å²) in [4.78, 5) is 0. The quantitative estimate of drug-likeness (QED) is 0.856. The third kappa shape index (κ3) is 4.88. The first-order valence-corrected chi connectivity index (χ1v) is 6.75. The molecular weight excluding hydrogens is 317 g/mol. The van der Waals surface area contributed by atoms with Gasteiger partial charge in [-0.1, -0.05) is 41.4 Å². The second kappa shape index (κ2) is 8.38. The number of rotatable bonds is 5. The van der Waals surface area contributed by atoms with Gasteiger partial charge in [0.15, 0.2) is 0 Å². The zero-order valence-corrected chi connectivity index (χ0v) is 13.4. The van der Waals surface area contributed by atoms with Gasteiger partial charge < -0.3 is 10.1 Å². The summed E-state index contributed by atoms with van der Waals surface area (Å²) in [6.45, 7) is 1.28. The molecule has 0 saturated heterocycles. The second-order valence-electron chi connectivity index (χ2n) is 4.20. The molecule has 108 valence electrons. The average molecular weight is 333 g/mol. The average Bonchev–Trinajstić information content (AvgIpc) is 2.40. The van der Waals surface area contributed by atoms with Crippen LogP contribution in [0.3, 0.4) is 0 Å². The molecule has 1 N–H and O–H groups in total. The Morgan fingerprint density at radius 3 is 2.35 bits per heavy atom. The van der Waals surface area contributed by atoms with Gasteiger partial charge in [-0.3, -0.25) is 0 Å². The fraction of sp³-hybridized carbons (Fsp3) is 0.200. The van der Waals surface area contributed by atoms with E-state index in [9.17, 15) is 0 Å². The van der Waals surface area contributed by atoms with E-state index in [0.717, 1.165) is 17.9 Å². The van der Waals surface area contributed by atoms with Gasteiger partial charge in [0.05, 0.1) is 0 Å². The van der Waals surface area contributed by atoms with Crippen LogP contribution in [0.4, 0.5) is 0 Å². The molecule has 0 aliphatic heterocycles. The molecule has 20 heavy (non-hydrogen) atoms. The van der Waals surface area contributed by atoms with Gasteiger partial charge in [-0.05, 0) is 36.9 Å². The molecule has 0 bridgehead atoms. The lowest BCUT2D eigenvalue weighted by Crippen LogP contribution is -2.04. The fourth-order valence-electron chi connectivity index (χ4n) is 1.71. The first kappa shape index (κ1) is 17.1. The number of halogens is 3. The normalized spacial score (nSPS) is 9.95. The molecule has 5 heteroatoms. The summed E-state index contributed by atoms with van der Waals surface area (Å²) < 4.78 is 5.70. The van der Waals surface area contributed by atoms with Crippen molar-refractivity contribution in [1.82, 2.24) is 5.32 Å². The van der Waals surface area contributed by atoms with E-state index in [0.29, 0.717) is 16.7 Å². The summed E-state index contributed by atoms with van der Waals surface area (Å²) >= 11 is 11.9. The topological polar surface area (TPSA) is 21.3 Å². The minimum absolute atomic E-state index is 0. The molecule has 0 fully saturated rings. The SMILES string of the molecule is CNCc1ccc(OCc2ccc(Cl)cc2Cl)cc1.Cl. The van der Waals surface area contributed by atoms with Crippen molar-refractivity contribution in [3.8, 4) is 5.75 Å². The Hall–Kier alpha value is -0.930. The molecule has 0 amide bonds. The van der Waals surface area contributed by atoms with Crippen molar-refractivity contribution in [2.45, 2.75) is 13.2 Å². The van der Waals surface area contributed by atoms with E-state index in [1.807, 2.05) is 43.4 Å². The highest BCUT2D eigenvalue weighted by Gasteiger charge is 2.02. The Morgan fingerprint density at radius 1 is 1.05 bits per heavy atom. The summed E-state index contributed by atoms with van der Waals surface area (Å²) in [6.07, 6.45) is 0. The lowest BCUT2D eigenvalue weighted by molar-refractivity contribution is 0.306. The van der Waals surface area contributed by atoms with Gasteiger partial charge in [-0.25, -0.2) is 0 Å². The van der Waals surface area contributed by atoms with Gasteiger partial charge in [0.1, 0.15) is 12.4 Å². The van der Waals surface area contributed by atoms with Crippen molar-refractivity contribution in [3.63, 3.8) is 0 Å². The number of nitrogens with one attached hydrogen (secondary N) is 1. The van der Waals surface area contributed by atoms with Crippen molar-refractivity contribution in [1.29, 1.82) is 0 Å². The van der Waals surface area contributed by atoms with Crippen LogP contribution in [0.25, 0.3) is 0 Å². The van der Waals surface area contributed by atoms with Crippen LogP contribution in [0.2, 0.25) is 10.0 Å².